The Bertz CT molecular complexity index is 1110. The van der Waals surface area contributed by atoms with E-state index < -0.39 is 16.0 Å². The van der Waals surface area contributed by atoms with Gasteiger partial charge in [-0.15, -0.1) is 0 Å². The summed E-state index contributed by atoms with van der Waals surface area (Å²) in [5.74, 6) is 0.724. The number of aryl methyl sites for hydroxylation is 1. The van der Waals surface area contributed by atoms with Crippen LogP contribution in [-0.2, 0) is 21.3 Å². The summed E-state index contributed by atoms with van der Waals surface area (Å²) in [6.45, 7) is 1.80. The summed E-state index contributed by atoms with van der Waals surface area (Å²) < 4.78 is 38.4. The van der Waals surface area contributed by atoms with Crippen molar-refractivity contribution < 1.29 is 22.7 Å². The lowest BCUT2D eigenvalue weighted by Crippen LogP contribution is -2.23. The first-order chi connectivity index (χ1) is 13.9. The van der Waals surface area contributed by atoms with E-state index in [1.165, 1.54) is 19.2 Å². The molecule has 0 fully saturated rings. The molecule has 150 valence electrons. The average Bonchev–Trinajstić information content (AvgIpc) is 2.73. The molecule has 29 heavy (non-hydrogen) atoms. The van der Waals surface area contributed by atoms with Crippen LogP contribution in [0.4, 0.5) is 0 Å². The molecule has 0 amide bonds. The van der Waals surface area contributed by atoms with Crippen LogP contribution in [0.15, 0.2) is 77.7 Å². The third kappa shape index (κ3) is 5.22. The molecule has 3 aromatic rings. The molecule has 1 N–H and O–H groups in total. The number of rotatable bonds is 7. The summed E-state index contributed by atoms with van der Waals surface area (Å²) in [6, 6.07) is 20.8. The van der Waals surface area contributed by atoms with Crippen LogP contribution in [0.1, 0.15) is 21.5 Å². The Hall–Kier alpha value is -3.16. The van der Waals surface area contributed by atoms with E-state index in [0.717, 1.165) is 5.56 Å². The molecule has 0 radical (unpaired) electrons. The van der Waals surface area contributed by atoms with Gasteiger partial charge in [-0.1, -0.05) is 36.4 Å². The summed E-state index contributed by atoms with van der Waals surface area (Å²) in [7, 11) is -2.55. The molecule has 0 aliphatic carbocycles. The Balaban J connectivity index is 1.74. The predicted molar refractivity (Wildman–Crippen MR) is 110 cm³/mol. The predicted octanol–water partition coefficient (Wildman–Crippen LogP) is 4.05. The zero-order chi connectivity index (χ0) is 20.9. The average molecular weight is 411 g/mol. The highest BCUT2D eigenvalue weighted by molar-refractivity contribution is 7.89. The Morgan fingerprint density at radius 1 is 0.931 bits per heavy atom. The van der Waals surface area contributed by atoms with Crippen molar-refractivity contribution in [3.05, 3.63) is 89.5 Å². The number of sulfonamides is 1. The van der Waals surface area contributed by atoms with Crippen molar-refractivity contribution in [2.24, 2.45) is 0 Å². The number of ether oxygens (including phenoxy) is 2. The molecule has 3 aromatic carbocycles. The molecule has 7 heteroatoms. The quantitative estimate of drug-likeness (QED) is 0.593. The Kier molecular flexibility index (Phi) is 6.31. The fourth-order valence-electron chi connectivity index (χ4n) is 2.70. The van der Waals surface area contributed by atoms with E-state index >= 15 is 0 Å². The van der Waals surface area contributed by atoms with Gasteiger partial charge in [0.25, 0.3) is 0 Å². The fraction of sp³-hybridized carbons (Fsp3) is 0.136. The lowest BCUT2D eigenvalue weighted by molar-refractivity contribution is 0.0599. The number of methoxy groups -OCH3 is 1. The molecule has 0 aliphatic heterocycles. The molecule has 0 bridgehead atoms. The van der Waals surface area contributed by atoms with E-state index in [9.17, 15) is 13.2 Å². The van der Waals surface area contributed by atoms with Gasteiger partial charge in [-0.3, -0.25) is 0 Å². The minimum atomic E-state index is -3.81. The van der Waals surface area contributed by atoms with Crippen molar-refractivity contribution in [3.63, 3.8) is 0 Å². The molecular weight excluding hydrogens is 390 g/mol. The normalized spacial score (nSPS) is 11.1. The van der Waals surface area contributed by atoms with Crippen LogP contribution in [0.3, 0.4) is 0 Å². The van der Waals surface area contributed by atoms with Crippen molar-refractivity contribution in [2.75, 3.05) is 7.11 Å². The van der Waals surface area contributed by atoms with Gasteiger partial charge in [-0.2, -0.15) is 0 Å². The lowest BCUT2D eigenvalue weighted by atomic mass is 10.1. The topological polar surface area (TPSA) is 81.7 Å². The van der Waals surface area contributed by atoms with Crippen LogP contribution >= 0.6 is 0 Å². The van der Waals surface area contributed by atoms with Crippen molar-refractivity contribution in [2.45, 2.75) is 18.4 Å². The smallest absolute Gasteiger partial charge is 0.338 e. The molecule has 0 heterocycles. The number of esters is 1. The highest BCUT2D eigenvalue weighted by atomic mass is 32.2. The first-order valence-corrected chi connectivity index (χ1v) is 10.4. The van der Waals surface area contributed by atoms with Gasteiger partial charge in [-0.25, -0.2) is 17.9 Å². The minimum Gasteiger partial charge on any atom is -0.465 e. The molecular formula is C22H21NO5S. The fourth-order valence-corrected chi connectivity index (χ4v) is 3.75. The molecule has 0 saturated carbocycles. The zero-order valence-corrected chi connectivity index (χ0v) is 16.9. The Labute approximate surface area is 170 Å². The first kappa shape index (κ1) is 20.6. The van der Waals surface area contributed by atoms with Gasteiger partial charge in [0.05, 0.1) is 17.6 Å². The van der Waals surface area contributed by atoms with Crippen LogP contribution in [0.2, 0.25) is 0 Å². The maximum absolute atomic E-state index is 12.7. The van der Waals surface area contributed by atoms with Crippen molar-refractivity contribution in [3.8, 4) is 11.5 Å². The van der Waals surface area contributed by atoms with Crippen LogP contribution in [0.5, 0.6) is 11.5 Å². The van der Waals surface area contributed by atoms with E-state index in [1.807, 2.05) is 30.3 Å². The van der Waals surface area contributed by atoms with E-state index in [0.29, 0.717) is 17.1 Å². The van der Waals surface area contributed by atoms with Gasteiger partial charge < -0.3 is 9.47 Å². The largest absolute Gasteiger partial charge is 0.465 e. The van der Waals surface area contributed by atoms with Crippen LogP contribution in [0, 0.1) is 6.92 Å². The number of para-hydroxylation sites is 1. The first-order valence-electron chi connectivity index (χ1n) is 8.89. The summed E-state index contributed by atoms with van der Waals surface area (Å²) in [5, 5.41) is 0. The van der Waals surface area contributed by atoms with E-state index in [2.05, 4.69) is 4.72 Å². The van der Waals surface area contributed by atoms with Gasteiger partial charge in [-0.05, 0) is 54.4 Å². The minimum absolute atomic E-state index is 0.000176. The van der Waals surface area contributed by atoms with Gasteiger partial charge in [0.2, 0.25) is 10.0 Å². The van der Waals surface area contributed by atoms with Crippen molar-refractivity contribution in [1.82, 2.24) is 4.72 Å². The van der Waals surface area contributed by atoms with Crippen LogP contribution in [0.25, 0.3) is 0 Å². The van der Waals surface area contributed by atoms with Gasteiger partial charge in [0.15, 0.2) is 0 Å². The number of hydrogen-bond acceptors (Lipinski definition) is 5. The van der Waals surface area contributed by atoms with Gasteiger partial charge in [0, 0.05) is 6.54 Å². The van der Waals surface area contributed by atoms with Crippen molar-refractivity contribution in [1.29, 1.82) is 0 Å². The van der Waals surface area contributed by atoms with Gasteiger partial charge in [0.1, 0.15) is 11.5 Å². The monoisotopic (exact) mass is 411 g/mol. The SMILES string of the molecule is COC(=O)c1cc(S(=O)(=O)NCc2cccc(Oc3ccccc3)c2)ccc1C. The number of carbonyl (C=O) groups is 1. The zero-order valence-electron chi connectivity index (χ0n) is 16.1. The maximum Gasteiger partial charge on any atom is 0.338 e. The van der Waals surface area contributed by atoms with Crippen molar-refractivity contribution >= 4 is 16.0 Å². The van der Waals surface area contributed by atoms with E-state index in [-0.39, 0.29) is 17.0 Å². The summed E-state index contributed by atoms with van der Waals surface area (Å²) in [5.41, 5.74) is 1.59. The highest BCUT2D eigenvalue weighted by Crippen LogP contribution is 2.22. The third-order valence-electron chi connectivity index (χ3n) is 4.27. The van der Waals surface area contributed by atoms with Crippen LogP contribution in [-0.4, -0.2) is 21.5 Å². The summed E-state index contributed by atoms with van der Waals surface area (Å²) >= 11 is 0. The second kappa shape index (κ2) is 8.89. The standard InChI is InChI=1S/C22H21NO5S/c1-16-11-12-20(14-21(16)22(24)27-2)29(25,26)23-15-17-7-6-10-19(13-17)28-18-8-4-3-5-9-18/h3-14,23H,15H2,1-2H3. The molecule has 0 saturated heterocycles. The number of nitrogens with one attached hydrogen (secondary N) is 1. The molecule has 0 aliphatic rings. The molecule has 0 spiro atoms. The number of benzene rings is 3. The molecule has 0 aromatic heterocycles. The third-order valence-corrected chi connectivity index (χ3v) is 5.67. The summed E-state index contributed by atoms with van der Waals surface area (Å²) in [4.78, 5) is 11.8. The molecule has 0 atom stereocenters. The lowest BCUT2D eigenvalue weighted by Gasteiger charge is -2.11. The van der Waals surface area contributed by atoms with Gasteiger partial charge >= 0.3 is 5.97 Å². The molecule has 3 rings (SSSR count). The second-order valence-corrected chi connectivity index (χ2v) is 8.12. The number of carbonyl (C=O) groups excluding carboxylic acids is 1. The number of hydrogen-bond donors (Lipinski definition) is 1. The molecule has 6 nitrogen and oxygen atoms in total. The maximum atomic E-state index is 12.7. The Morgan fingerprint density at radius 3 is 2.38 bits per heavy atom. The highest BCUT2D eigenvalue weighted by Gasteiger charge is 2.18. The summed E-state index contributed by atoms with van der Waals surface area (Å²) in [6.07, 6.45) is 0. The van der Waals surface area contributed by atoms with E-state index in [1.54, 1.807) is 37.3 Å². The Morgan fingerprint density at radius 2 is 1.66 bits per heavy atom. The second-order valence-electron chi connectivity index (χ2n) is 6.36. The van der Waals surface area contributed by atoms with E-state index in [4.69, 9.17) is 9.47 Å². The van der Waals surface area contributed by atoms with Crippen LogP contribution < -0.4 is 9.46 Å². The molecule has 0 unspecified atom stereocenters.